The first-order chi connectivity index (χ1) is 7.16. The van der Waals surface area contributed by atoms with Crippen molar-refractivity contribution in [2.75, 3.05) is 6.54 Å². The fourth-order valence-corrected chi connectivity index (χ4v) is 1.67. The highest BCUT2D eigenvalue weighted by Gasteiger charge is 2.05. The van der Waals surface area contributed by atoms with Crippen LogP contribution in [0.15, 0.2) is 12.1 Å². The highest BCUT2D eigenvalue weighted by molar-refractivity contribution is 5.42. The predicted octanol–water partition coefficient (Wildman–Crippen LogP) is 2.90. The summed E-state index contributed by atoms with van der Waals surface area (Å²) in [4.78, 5) is 0. The third kappa shape index (κ3) is 3.24. The van der Waals surface area contributed by atoms with E-state index >= 15 is 0 Å². The molecule has 15 heavy (non-hydrogen) atoms. The maximum atomic E-state index is 9.60. The first-order valence-corrected chi connectivity index (χ1v) is 5.65. The molecule has 0 unspecified atom stereocenters. The monoisotopic (exact) mass is 207 g/mol. The molecule has 2 nitrogen and oxygen atoms in total. The average Bonchev–Trinajstić information content (AvgIpc) is 2.23. The lowest BCUT2D eigenvalue weighted by atomic mass is 10.0. The third-order valence-corrected chi connectivity index (χ3v) is 2.81. The molecule has 2 heteroatoms. The van der Waals surface area contributed by atoms with Crippen LogP contribution in [-0.2, 0) is 6.54 Å². The lowest BCUT2D eigenvalue weighted by Crippen LogP contribution is -2.16. The van der Waals surface area contributed by atoms with Gasteiger partial charge in [-0.25, -0.2) is 0 Å². The van der Waals surface area contributed by atoms with Gasteiger partial charge in [-0.2, -0.15) is 0 Å². The normalized spacial score (nSPS) is 10.6. The zero-order valence-electron chi connectivity index (χ0n) is 9.93. The van der Waals surface area contributed by atoms with Crippen LogP contribution in [0.1, 0.15) is 36.5 Å². The second-order valence-electron chi connectivity index (χ2n) is 4.04. The maximum Gasteiger partial charge on any atom is 0.118 e. The number of unbranched alkanes of at least 4 members (excludes halogenated alkanes) is 1. The van der Waals surface area contributed by atoms with Crippen LogP contribution in [0.5, 0.6) is 5.75 Å². The minimum absolute atomic E-state index is 0.396. The van der Waals surface area contributed by atoms with E-state index in [-0.39, 0.29) is 0 Å². The quantitative estimate of drug-likeness (QED) is 0.728. The van der Waals surface area contributed by atoms with E-state index in [2.05, 4.69) is 19.2 Å². The Labute approximate surface area is 92.3 Å². The van der Waals surface area contributed by atoms with E-state index in [9.17, 15) is 5.11 Å². The number of aromatic hydroxyl groups is 1. The minimum atomic E-state index is 0.396. The molecule has 0 amide bonds. The molecule has 0 atom stereocenters. The van der Waals surface area contributed by atoms with E-state index in [1.807, 2.05) is 13.0 Å². The standard InChI is InChI=1S/C13H21NO/c1-4-5-8-14-9-12-10(2)6-7-13(15)11(12)3/h6-7,14-15H,4-5,8-9H2,1-3H3. The Kier molecular flexibility index (Phi) is 4.63. The van der Waals surface area contributed by atoms with Crippen molar-refractivity contribution in [1.29, 1.82) is 0 Å². The van der Waals surface area contributed by atoms with Gasteiger partial charge in [-0.15, -0.1) is 0 Å². The van der Waals surface area contributed by atoms with Crippen LogP contribution in [0.4, 0.5) is 0 Å². The number of hydrogen-bond acceptors (Lipinski definition) is 2. The van der Waals surface area contributed by atoms with Crippen LogP contribution in [0.3, 0.4) is 0 Å². The van der Waals surface area contributed by atoms with Crippen molar-refractivity contribution in [2.24, 2.45) is 0 Å². The van der Waals surface area contributed by atoms with E-state index in [0.717, 1.165) is 18.7 Å². The molecular formula is C13H21NO. The molecule has 84 valence electrons. The summed E-state index contributed by atoms with van der Waals surface area (Å²) in [6.07, 6.45) is 2.42. The molecule has 0 saturated carbocycles. The topological polar surface area (TPSA) is 32.3 Å². The van der Waals surface area contributed by atoms with Gasteiger partial charge >= 0.3 is 0 Å². The van der Waals surface area contributed by atoms with Crippen LogP contribution in [-0.4, -0.2) is 11.7 Å². The van der Waals surface area contributed by atoms with Crippen molar-refractivity contribution in [1.82, 2.24) is 5.32 Å². The molecule has 0 spiro atoms. The summed E-state index contributed by atoms with van der Waals surface area (Å²) in [5.41, 5.74) is 3.47. The van der Waals surface area contributed by atoms with Crippen LogP contribution >= 0.6 is 0 Å². The first-order valence-electron chi connectivity index (χ1n) is 5.65. The van der Waals surface area contributed by atoms with Gasteiger partial charge < -0.3 is 10.4 Å². The zero-order chi connectivity index (χ0) is 11.3. The van der Waals surface area contributed by atoms with E-state index < -0.39 is 0 Å². The zero-order valence-corrected chi connectivity index (χ0v) is 9.93. The summed E-state index contributed by atoms with van der Waals surface area (Å²) in [6, 6.07) is 3.74. The number of rotatable bonds is 5. The number of hydrogen-bond donors (Lipinski definition) is 2. The average molecular weight is 207 g/mol. The van der Waals surface area contributed by atoms with Crippen molar-refractivity contribution >= 4 is 0 Å². The number of phenolic OH excluding ortho intramolecular Hbond substituents is 1. The lowest BCUT2D eigenvalue weighted by molar-refractivity contribution is 0.469. The summed E-state index contributed by atoms with van der Waals surface area (Å²) in [5.74, 6) is 0.396. The molecule has 0 radical (unpaired) electrons. The van der Waals surface area contributed by atoms with Crippen molar-refractivity contribution in [3.63, 3.8) is 0 Å². The third-order valence-electron chi connectivity index (χ3n) is 2.81. The summed E-state index contributed by atoms with van der Waals surface area (Å²) in [6.45, 7) is 8.14. The van der Waals surface area contributed by atoms with Crippen molar-refractivity contribution < 1.29 is 5.11 Å². The highest BCUT2D eigenvalue weighted by atomic mass is 16.3. The molecule has 0 saturated heterocycles. The Hall–Kier alpha value is -1.02. The van der Waals surface area contributed by atoms with Gasteiger partial charge in [0.05, 0.1) is 0 Å². The molecule has 0 aliphatic heterocycles. The largest absolute Gasteiger partial charge is 0.508 e. The van der Waals surface area contributed by atoms with Crippen LogP contribution in [0, 0.1) is 13.8 Å². The van der Waals surface area contributed by atoms with Gasteiger partial charge in [0, 0.05) is 6.54 Å². The van der Waals surface area contributed by atoms with Crippen LogP contribution in [0.25, 0.3) is 0 Å². The van der Waals surface area contributed by atoms with Crippen molar-refractivity contribution in [2.45, 2.75) is 40.2 Å². The van der Waals surface area contributed by atoms with E-state index in [1.54, 1.807) is 6.07 Å². The number of aryl methyl sites for hydroxylation is 1. The van der Waals surface area contributed by atoms with Gasteiger partial charge in [0.2, 0.25) is 0 Å². The van der Waals surface area contributed by atoms with Crippen molar-refractivity contribution in [3.05, 3.63) is 28.8 Å². The molecule has 2 N–H and O–H groups in total. The predicted molar refractivity (Wildman–Crippen MR) is 64.2 cm³/mol. The molecule has 1 rings (SSSR count). The Morgan fingerprint density at radius 3 is 2.67 bits per heavy atom. The summed E-state index contributed by atoms with van der Waals surface area (Å²) < 4.78 is 0. The summed E-state index contributed by atoms with van der Waals surface area (Å²) in [7, 11) is 0. The fraction of sp³-hybridized carbons (Fsp3) is 0.538. The van der Waals surface area contributed by atoms with Gasteiger partial charge in [-0.05, 0) is 49.6 Å². The van der Waals surface area contributed by atoms with E-state index in [0.29, 0.717) is 5.75 Å². The number of nitrogens with one attached hydrogen (secondary N) is 1. The van der Waals surface area contributed by atoms with Gasteiger partial charge in [0.25, 0.3) is 0 Å². The van der Waals surface area contributed by atoms with Crippen molar-refractivity contribution in [3.8, 4) is 5.75 Å². The molecule has 0 aromatic heterocycles. The smallest absolute Gasteiger partial charge is 0.118 e. The highest BCUT2D eigenvalue weighted by Crippen LogP contribution is 2.22. The molecule has 0 fully saturated rings. The van der Waals surface area contributed by atoms with Crippen LogP contribution in [0.2, 0.25) is 0 Å². The molecule has 0 aliphatic carbocycles. The molecule has 0 aliphatic rings. The number of phenols is 1. The SMILES string of the molecule is CCCCNCc1c(C)ccc(O)c1C. The molecule has 0 heterocycles. The Morgan fingerprint density at radius 1 is 1.27 bits per heavy atom. The maximum absolute atomic E-state index is 9.60. The summed E-state index contributed by atoms with van der Waals surface area (Å²) in [5, 5.41) is 13.0. The van der Waals surface area contributed by atoms with E-state index in [1.165, 1.54) is 24.0 Å². The second-order valence-corrected chi connectivity index (χ2v) is 4.04. The van der Waals surface area contributed by atoms with Gasteiger partial charge in [-0.1, -0.05) is 19.4 Å². The molecule has 1 aromatic rings. The molecule has 1 aromatic carbocycles. The van der Waals surface area contributed by atoms with Crippen LogP contribution < -0.4 is 5.32 Å². The minimum Gasteiger partial charge on any atom is -0.508 e. The van der Waals surface area contributed by atoms with E-state index in [4.69, 9.17) is 0 Å². The second kappa shape index (κ2) is 5.76. The fourth-order valence-electron chi connectivity index (χ4n) is 1.67. The summed E-state index contributed by atoms with van der Waals surface area (Å²) >= 11 is 0. The Bertz CT molecular complexity index is 321. The Morgan fingerprint density at radius 2 is 2.00 bits per heavy atom. The Balaban J connectivity index is 2.63. The number of benzene rings is 1. The molecule has 0 bridgehead atoms. The van der Waals surface area contributed by atoms with Gasteiger partial charge in [-0.3, -0.25) is 0 Å². The van der Waals surface area contributed by atoms with Gasteiger partial charge in [0.15, 0.2) is 0 Å². The van der Waals surface area contributed by atoms with Gasteiger partial charge in [0.1, 0.15) is 5.75 Å². The lowest BCUT2D eigenvalue weighted by Gasteiger charge is -2.12. The molecular weight excluding hydrogens is 186 g/mol. The first kappa shape index (κ1) is 12.1.